The van der Waals surface area contributed by atoms with Crippen LogP contribution in [0.15, 0.2) is 9.59 Å². The van der Waals surface area contributed by atoms with Crippen LogP contribution in [0.4, 0.5) is 0 Å². The molecule has 0 aliphatic rings. The number of aromatic amines is 1. The predicted molar refractivity (Wildman–Crippen MR) is 87.4 cm³/mol. The quantitative estimate of drug-likeness (QED) is 0.750. The van der Waals surface area contributed by atoms with E-state index in [1.54, 1.807) is 0 Å². The highest BCUT2D eigenvalue weighted by Crippen LogP contribution is 2.12. The summed E-state index contributed by atoms with van der Waals surface area (Å²) >= 11 is 5.92. The molecule has 1 aromatic rings. The summed E-state index contributed by atoms with van der Waals surface area (Å²) in [4.78, 5) is 29.2. The zero-order chi connectivity index (χ0) is 16.0. The van der Waals surface area contributed by atoms with Crippen LogP contribution in [0.2, 0.25) is 5.15 Å². The molecule has 1 aromatic heterocycles. The molecule has 21 heavy (non-hydrogen) atoms. The van der Waals surface area contributed by atoms with Crippen molar-refractivity contribution in [3.63, 3.8) is 0 Å². The lowest BCUT2D eigenvalue weighted by atomic mass is 10.1. The second-order valence-electron chi connectivity index (χ2n) is 5.27. The summed E-state index contributed by atoms with van der Waals surface area (Å²) in [6.45, 7) is 11.1. The topological polar surface area (TPSA) is 58.1 Å². The molecule has 0 aromatic carbocycles. The van der Waals surface area contributed by atoms with Gasteiger partial charge in [-0.1, -0.05) is 32.4 Å². The Morgan fingerprint density at radius 2 is 1.86 bits per heavy atom. The maximum absolute atomic E-state index is 12.3. The fourth-order valence-electron chi connectivity index (χ4n) is 2.55. The van der Waals surface area contributed by atoms with Crippen molar-refractivity contribution < 1.29 is 0 Å². The predicted octanol–water partition coefficient (Wildman–Crippen LogP) is 2.44. The van der Waals surface area contributed by atoms with Gasteiger partial charge in [0.2, 0.25) is 0 Å². The first-order chi connectivity index (χ1) is 9.96. The lowest BCUT2D eigenvalue weighted by molar-refractivity contribution is 0.286. The second kappa shape index (κ2) is 8.39. The molecule has 1 rings (SSSR count). The van der Waals surface area contributed by atoms with E-state index in [9.17, 15) is 9.59 Å². The van der Waals surface area contributed by atoms with Gasteiger partial charge in [-0.15, -0.1) is 0 Å². The summed E-state index contributed by atoms with van der Waals surface area (Å²) < 4.78 is 1.30. The van der Waals surface area contributed by atoms with Crippen molar-refractivity contribution in [2.45, 2.75) is 53.0 Å². The van der Waals surface area contributed by atoms with Gasteiger partial charge < -0.3 is 4.90 Å². The van der Waals surface area contributed by atoms with Gasteiger partial charge >= 0.3 is 5.69 Å². The average molecular weight is 316 g/mol. The molecule has 0 saturated carbocycles. The van der Waals surface area contributed by atoms with Gasteiger partial charge in [-0.3, -0.25) is 14.3 Å². The van der Waals surface area contributed by atoms with Crippen molar-refractivity contribution >= 4 is 11.6 Å². The molecular weight excluding hydrogens is 290 g/mol. The van der Waals surface area contributed by atoms with E-state index in [0.717, 1.165) is 32.5 Å². The molecule has 0 aliphatic heterocycles. The lowest BCUT2D eigenvalue weighted by Gasteiger charge is -2.20. The Labute approximate surface area is 130 Å². The maximum Gasteiger partial charge on any atom is 0.329 e. The molecule has 0 fully saturated rings. The number of rotatable bonds is 8. The number of hydrogen-bond donors (Lipinski definition) is 1. The Balaban J connectivity index is 2.86. The summed E-state index contributed by atoms with van der Waals surface area (Å²) in [7, 11) is 0. The number of halogens is 1. The van der Waals surface area contributed by atoms with Crippen LogP contribution in [0, 0.1) is 0 Å². The Morgan fingerprint density at radius 3 is 2.38 bits per heavy atom. The number of nitrogens with one attached hydrogen (secondary N) is 1. The molecule has 0 amide bonds. The van der Waals surface area contributed by atoms with Gasteiger partial charge in [0.05, 0.1) is 5.56 Å². The van der Waals surface area contributed by atoms with Crippen LogP contribution in [0.1, 0.15) is 52.1 Å². The summed E-state index contributed by atoms with van der Waals surface area (Å²) in [5.74, 6) is 0. The van der Waals surface area contributed by atoms with Crippen molar-refractivity contribution in [3.05, 3.63) is 31.6 Å². The molecule has 0 saturated heterocycles. The van der Waals surface area contributed by atoms with E-state index in [-0.39, 0.29) is 16.8 Å². The Morgan fingerprint density at radius 1 is 1.24 bits per heavy atom. The molecule has 1 unspecified atom stereocenters. The molecule has 0 radical (unpaired) electrons. The monoisotopic (exact) mass is 315 g/mol. The van der Waals surface area contributed by atoms with Gasteiger partial charge in [-0.25, -0.2) is 4.79 Å². The second-order valence-corrected chi connectivity index (χ2v) is 5.65. The minimum atomic E-state index is -0.419. The van der Waals surface area contributed by atoms with Crippen molar-refractivity contribution in [1.82, 2.24) is 14.5 Å². The van der Waals surface area contributed by atoms with E-state index in [4.69, 9.17) is 11.6 Å². The molecule has 1 heterocycles. The maximum atomic E-state index is 12.3. The van der Waals surface area contributed by atoms with Crippen LogP contribution in [0.25, 0.3) is 0 Å². The normalized spacial score (nSPS) is 12.9. The van der Waals surface area contributed by atoms with E-state index in [1.165, 1.54) is 4.57 Å². The Hall–Kier alpha value is -1.07. The van der Waals surface area contributed by atoms with Crippen molar-refractivity contribution in [2.24, 2.45) is 0 Å². The smallest absolute Gasteiger partial charge is 0.304 e. The van der Waals surface area contributed by atoms with Crippen LogP contribution in [0.3, 0.4) is 0 Å². The van der Waals surface area contributed by atoms with E-state index >= 15 is 0 Å². The van der Waals surface area contributed by atoms with Crippen LogP contribution in [-0.2, 0) is 6.42 Å². The molecule has 1 atom stereocenters. The van der Waals surface area contributed by atoms with Gasteiger partial charge in [0, 0.05) is 6.04 Å². The van der Waals surface area contributed by atoms with Gasteiger partial charge in [0.15, 0.2) is 0 Å². The minimum Gasteiger partial charge on any atom is -0.304 e. The van der Waals surface area contributed by atoms with E-state index in [2.05, 4.69) is 23.7 Å². The van der Waals surface area contributed by atoms with E-state index < -0.39 is 5.69 Å². The molecule has 0 aliphatic carbocycles. The molecule has 120 valence electrons. The number of nitrogens with zero attached hydrogens (tertiary/aromatic N) is 2. The van der Waals surface area contributed by atoms with Crippen LogP contribution < -0.4 is 11.2 Å². The molecule has 6 heteroatoms. The molecule has 0 spiro atoms. The Kier molecular flexibility index (Phi) is 7.18. The van der Waals surface area contributed by atoms with Crippen LogP contribution in [0.5, 0.6) is 0 Å². The standard InChI is InChI=1S/C15H26ClN3O2/c1-5-12-13(16)17-15(21)19(14(12)20)11(4)9-8-10-18(6-2)7-3/h11H,5-10H2,1-4H3,(H,17,21). The fourth-order valence-corrected chi connectivity index (χ4v) is 2.84. The zero-order valence-corrected chi connectivity index (χ0v) is 14.2. The van der Waals surface area contributed by atoms with Gasteiger partial charge in [-0.05, 0) is 45.8 Å². The number of H-pyrrole nitrogens is 1. The highest BCUT2D eigenvalue weighted by molar-refractivity contribution is 6.30. The first kappa shape index (κ1) is 18.0. The summed E-state index contributed by atoms with van der Waals surface area (Å²) in [6.07, 6.45) is 2.27. The zero-order valence-electron chi connectivity index (χ0n) is 13.4. The lowest BCUT2D eigenvalue weighted by Crippen LogP contribution is -2.39. The highest BCUT2D eigenvalue weighted by Gasteiger charge is 2.16. The van der Waals surface area contributed by atoms with E-state index in [0.29, 0.717) is 12.0 Å². The van der Waals surface area contributed by atoms with Crippen molar-refractivity contribution in [1.29, 1.82) is 0 Å². The molecule has 5 nitrogen and oxygen atoms in total. The third kappa shape index (κ3) is 4.45. The molecule has 0 bridgehead atoms. The molecular formula is C15H26ClN3O2. The highest BCUT2D eigenvalue weighted by atomic mass is 35.5. The van der Waals surface area contributed by atoms with Gasteiger partial charge in [-0.2, -0.15) is 0 Å². The van der Waals surface area contributed by atoms with Crippen LogP contribution >= 0.6 is 11.6 Å². The third-order valence-corrected chi connectivity index (χ3v) is 4.28. The number of aromatic nitrogens is 2. The van der Waals surface area contributed by atoms with Crippen molar-refractivity contribution in [3.8, 4) is 0 Å². The fraction of sp³-hybridized carbons (Fsp3) is 0.733. The SMILES string of the molecule is CCc1c(Cl)[nH]c(=O)n(C(C)CCCN(CC)CC)c1=O. The largest absolute Gasteiger partial charge is 0.329 e. The van der Waals surface area contributed by atoms with Gasteiger partial charge in [0.1, 0.15) is 5.15 Å². The summed E-state index contributed by atoms with van der Waals surface area (Å²) in [5.41, 5.74) is -0.203. The van der Waals surface area contributed by atoms with Crippen molar-refractivity contribution in [2.75, 3.05) is 19.6 Å². The third-order valence-electron chi connectivity index (χ3n) is 3.96. The molecule has 1 N–H and O–H groups in total. The van der Waals surface area contributed by atoms with Crippen LogP contribution in [-0.4, -0.2) is 34.1 Å². The Bertz CT molecular complexity index is 561. The average Bonchev–Trinajstić information content (AvgIpc) is 2.43. The summed E-state index contributed by atoms with van der Waals surface area (Å²) in [6, 6.07) is -0.126. The van der Waals surface area contributed by atoms with E-state index in [1.807, 2.05) is 13.8 Å². The first-order valence-electron chi connectivity index (χ1n) is 7.71. The first-order valence-corrected chi connectivity index (χ1v) is 8.09. The summed E-state index contributed by atoms with van der Waals surface area (Å²) in [5, 5.41) is 0.166. The minimum absolute atomic E-state index is 0.126. The number of hydrogen-bond acceptors (Lipinski definition) is 3. The van der Waals surface area contributed by atoms with Gasteiger partial charge in [0.25, 0.3) is 5.56 Å².